The first-order chi connectivity index (χ1) is 9.43. The molecule has 0 bridgehead atoms. The first-order valence-electron chi connectivity index (χ1n) is 6.52. The topological polar surface area (TPSA) is 86.1 Å². The largest absolute Gasteiger partial charge is 0.370 e. The minimum Gasteiger partial charge on any atom is -0.370 e. The third kappa shape index (κ3) is 3.92. The molecule has 110 valence electrons. The summed E-state index contributed by atoms with van der Waals surface area (Å²) in [6.07, 6.45) is 1.64. The minimum absolute atomic E-state index is 0.169. The fraction of sp³-hybridized carbons (Fsp3) is 0.538. The van der Waals surface area contributed by atoms with Crippen molar-refractivity contribution in [2.45, 2.75) is 38.1 Å². The minimum atomic E-state index is -3.61. The molecule has 0 atom stereocenters. The molecule has 7 heteroatoms. The standard InChI is InChI=1S/C13H20N4O2S/c1-4-15-13-10-12(6-8-16-13)20(18,19)17(11(2)3)9-5-7-14/h6,8,10-11H,4-5,9H2,1-3H3,(H,15,16). The van der Waals surface area contributed by atoms with Gasteiger partial charge in [-0.3, -0.25) is 0 Å². The highest BCUT2D eigenvalue weighted by molar-refractivity contribution is 7.89. The van der Waals surface area contributed by atoms with Crippen LogP contribution in [-0.2, 0) is 10.0 Å². The molecule has 0 unspecified atom stereocenters. The lowest BCUT2D eigenvalue weighted by molar-refractivity contribution is 0.360. The Bertz CT molecular complexity index is 578. The highest BCUT2D eigenvalue weighted by Crippen LogP contribution is 2.20. The predicted octanol–water partition coefficient (Wildman–Crippen LogP) is 1.83. The number of hydrogen-bond acceptors (Lipinski definition) is 5. The van der Waals surface area contributed by atoms with Crippen LogP contribution in [0, 0.1) is 11.3 Å². The summed E-state index contributed by atoms with van der Waals surface area (Å²) in [4.78, 5) is 4.25. The van der Waals surface area contributed by atoms with Crippen molar-refractivity contribution in [1.82, 2.24) is 9.29 Å². The first kappa shape index (κ1) is 16.4. The summed E-state index contributed by atoms with van der Waals surface area (Å²) in [5, 5.41) is 11.6. The predicted molar refractivity (Wildman–Crippen MR) is 77.7 cm³/mol. The van der Waals surface area contributed by atoms with E-state index in [-0.39, 0.29) is 23.9 Å². The van der Waals surface area contributed by atoms with Crippen LogP contribution in [0.4, 0.5) is 5.82 Å². The van der Waals surface area contributed by atoms with Crippen LogP contribution >= 0.6 is 0 Å². The summed E-state index contributed by atoms with van der Waals surface area (Å²) in [5.41, 5.74) is 0. The van der Waals surface area contributed by atoms with Gasteiger partial charge < -0.3 is 5.32 Å². The number of nitrogens with one attached hydrogen (secondary N) is 1. The van der Waals surface area contributed by atoms with Gasteiger partial charge in [-0.05, 0) is 26.8 Å². The van der Waals surface area contributed by atoms with Crippen LogP contribution in [0.25, 0.3) is 0 Å². The lowest BCUT2D eigenvalue weighted by atomic mass is 10.3. The van der Waals surface area contributed by atoms with Crippen LogP contribution in [-0.4, -0.2) is 36.8 Å². The second-order valence-electron chi connectivity index (χ2n) is 4.52. The zero-order valence-corrected chi connectivity index (χ0v) is 12.8. The van der Waals surface area contributed by atoms with Gasteiger partial charge in [0.15, 0.2) is 0 Å². The molecular formula is C13H20N4O2S. The highest BCUT2D eigenvalue weighted by Gasteiger charge is 2.26. The fourth-order valence-corrected chi connectivity index (χ4v) is 3.45. The molecule has 1 heterocycles. The van der Waals surface area contributed by atoms with E-state index in [1.54, 1.807) is 13.8 Å². The van der Waals surface area contributed by atoms with E-state index in [2.05, 4.69) is 10.3 Å². The van der Waals surface area contributed by atoms with Crippen LogP contribution in [0.3, 0.4) is 0 Å². The molecule has 6 nitrogen and oxygen atoms in total. The van der Waals surface area contributed by atoms with Crippen LogP contribution in [0.15, 0.2) is 23.2 Å². The average molecular weight is 296 g/mol. The summed E-state index contributed by atoms with van der Waals surface area (Å²) >= 11 is 0. The van der Waals surface area contributed by atoms with E-state index in [9.17, 15) is 8.42 Å². The second kappa shape index (κ2) is 7.22. The molecule has 1 N–H and O–H groups in total. The molecule has 0 aliphatic rings. The van der Waals surface area contributed by atoms with Crippen LogP contribution in [0.2, 0.25) is 0 Å². The SMILES string of the molecule is CCNc1cc(S(=O)(=O)N(CCC#N)C(C)C)ccn1. The molecule has 0 saturated carbocycles. The summed E-state index contributed by atoms with van der Waals surface area (Å²) in [6, 6.07) is 4.76. The summed E-state index contributed by atoms with van der Waals surface area (Å²) in [7, 11) is -3.61. The van der Waals surface area contributed by atoms with Crippen LogP contribution in [0.5, 0.6) is 0 Å². The zero-order valence-electron chi connectivity index (χ0n) is 12.0. The lowest BCUT2D eigenvalue weighted by Gasteiger charge is -2.25. The summed E-state index contributed by atoms with van der Waals surface area (Å²) < 4.78 is 26.5. The van der Waals surface area contributed by atoms with E-state index >= 15 is 0 Å². The summed E-state index contributed by atoms with van der Waals surface area (Å²) in [6.45, 7) is 6.35. The maximum absolute atomic E-state index is 12.6. The van der Waals surface area contributed by atoms with Gasteiger partial charge in [0.2, 0.25) is 10.0 Å². The molecule has 0 spiro atoms. The Morgan fingerprint density at radius 2 is 2.20 bits per heavy atom. The monoisotopic (exact) mass is 296 g/mol. The van der Waals surface area contributed by atoms with Gasteiger partial charge >= 0.3 is 0 Å². The Morgan fingerprint density at radius 1 is 1.50 bits per heavy atom. The molecule has 0 aliphatic carbocycles. The highest BCUT2D eigenvalue weighted by atomic mass is 32.2. The van der Waals surface area contributed by atoms with Crippen molar-refractivity contribution in [3.05, 3.63) is 18.3 Å². The third-order valence-corrected chi connectivity index (χ3v) is 4.79. The Balaban J connectivity index is 3.12. The smallest absolute Gasteiger partial charge is 0.243 e. The molecule has 0 aromatic carbocycles. The molecule has 1 rings (SSSR count). The van der Waals surface area contributed by atoms with E-state index in [1.165, 1.54) is 22.6 Å². The van der Waals surface area contributed by atoms with Crippen LogP contribution < -0.4 is 5.32 Å². The number of nitriles is 1. The van der Waals surface area contributed by atoms with Crippen LogP contribution in [0.1, 0.15) is 27.2 Å². The van der Waals surface area contributed by atoms with Crippen molar-refractivity contribution in [2.75, 3.05) is 18.4 Å². The quantitative estimate of drug-likeness (QED) is 0.829. The molecule has 0 radical (unpaired) electrons. The van der Waals surface area contributed by atoms with Gasteiger partial charge in [-0.1, -0.05) is 0 Å². The lowest BCUT2D eigenvalue weighted by Crippen LogP contribution is -2.37. The maximum Gasteiger partial charge on any atom is 0.243 e. The molecule has 1 aromatic rings. The number of sulfonamides is 1. The molecule has 20 heavy (non-hydrogen) atoms. The van der Waals surface area contributed by atoms with Gasteiger partial charge in [0.25, 0.3) is 0 Å². The van der Waals surface area contributed by atoms with Gasteiger partial charge in [0, 0.05) is 37.8 Å². The Kier molecular flexibility index (Phi) is 5.92. The normalized spacial score (nSPS) is 11.6. The van der Waals surface area contributed by atoms with Crippen molar-refractivity contribution in [1.29, 1.82) is 5.26 Å². The van der Waals surface area contributed by atoms with Gasteiger partial charge in [-0.2, -0.15) is 9.57 Å². The van der Waals surface area contributed by atoms with E-state index in [0.29, 0.717) is 12.4 Å². The molecule has 0 amide bonds. The van der Waals surface area contributed by atoms with Crippen molar-refractivity contribution in [3.8, 4) is 6.07 Å². The van der Waals surface area contributed by atoms with Gasteiger partial charge in [0.1, 0.15) is 5.82 Å². The summed E-state index contributed by atoms with van der Waals surface area (Å²) in [5.74, 6) is 0.526. The van der Waals surface area contributed by atoms with E-state index < -0.39 is 10.0 Å². The Hall–Kier alpha value is -1.65. The number of anilines is 1. The third-order valence-electron chi connectivity index (χ3n) is 2.72. The van der Waals surface area contributed by atoms with Crippen molar-refractivity contribution in [2.24, 2.45) is 0 Å². The number of aromatic nitrogens is 1. The molecule has 0 fully saturated rings. The molecular weight excluding hydrogens is 276 g/mol. The molecule has 0 aliphatic heterocycles. The van der Waals surface area contributed by atoms with Crippen molar-refractivity contribution in [3.63, 3.8) is 0 Å². The zero-order chi connectivity index (χ0) is 15.2. The first-order valence-corrected chi connectivity index (χ1v) is 7.96. The van der Waals surface area contributed by atoms with Crippen molar-refractivity contribution >= 4 is 15.8 Å². The average Bonchev–Trinajstić information content (AvgIpc) is 2.39. The van der Waals surface area contributed by atoms with E-state index in [1.807, 2.05) is 13.0 Å². The fourth-order valence-electron chi connectivity index (χ4n) is 1.80. The maximum atomic E-state index is 12.6. The van der Waals surface area contributed by atoms with E-state index in [4.69, 9.17) is 5.26 Å². The Labute approximate surface area is 120 Å². The number of pyridine rings is 1. The number of rotatable bonds is 7. The number of hydrogen-bond donors (Lipinski definition) is 1. The van der Waals surface area contributed by atoms with Gasteiger partial charge in [0.05, 0.1) is 11.0 Å². The van der Waals surface area contributed by atoms with Gasteiger partial charge in [-0.15, -0.1) is 0 Å². The van der Waals surface area contributed by atoms with Crippen molar-refractivity contribution < 1.29 is 8.42 Å². The Morgan fingerprint density at radius 3 is 2.75 bits per heavy atom. The van der Waals surface area contributed by atoms with Gasteiger partial charge in [-0.25, -0.2) is 13.4 Å². The second-order valence-corrected chi connectivity index (χ2v) is 6.42. The molecule has 0 saturated heterocycles. The number of nitrogens with zero attached hydrogens (tertiary/aromatic N) is 3. The molecule has 1 aromatic heterocycles. The van der Waals surface area contributed by atoms with E-state index in [0.717, 1.165) is 0 Å².